The van der Waals surface area contributed by atoms with Gasteiger partial charge in [-0.2, -0.15) is 5.10 Å². The summed E-state index contributed by atoms with van der Waals surface area (Å²) < 4.78 is 17.3. The van der Waals surface area contributed by atoms with Crippen LogP contribution in [-0.2, 0) is 9.53 Å². The van der Waals surface area contributed by atoms with Crippen LogP contribution in [0.25, 0.3) is 16.8 Å². The summed E-state index contributed by atoms with van der Waals surface area (Å²) in [7, 11) is 3.04. The van der Waals surface area contributed by atoms with Crippen molar-refractivity contribution < 1.29 is 28.6 Å². The summed E-state index contributed by atoms with van der Waals surface area (Å²) in [4.78, 5) is 36.5. The van der Waals surface area contributed by atoms with Crippen LogP contribution in [0.1, 0.15) is 23.8 Å². The van der Waals surface area contributed by atoms with Gasteiger partial charge in [0.25, 0.3) is 5.91 Å². The number of carbonyl (C=O) groups excluding carboxylic acids is 3. The summed E-state index contributed by atoms with van der Waals surface area (Å²) in [5, 5.41) is 9.00. The molecule has 34 heavy (non-hydrogen) atoms. The van der Waals surface area contributed by atoms with Crippen molar-refractivity contribution in [1.82, 2.24) is 20.4 Å². The zero-order chi connectivity index (χ0) is 24.5. The molecule has 0 fully saturated rings. The molecule has 0 bridgehead atoms. The molecule has 10 nitrogen and oxygen atoms in total. The van der Waals surface area contributed by atoms with E-state index in [1.54, 1.807) is 29.1 Å². The number of ether oxygens (including phenoxy) is 3. The van der Waals surface area contributed by atoms with E-state index in [0.29, 0.717) is 29.2 Å². The highest BCUT2D eigenvalue weighted by Gasteiger charge is 2.22. The Morgan fingerprint density at radius 3 is 2.41 bits per heavy atom. The normalized spacial score (nSPS) is 10.3. The summed E-state index contributed by atoms with van der Waals surface area (Å²) in [6, 6.07) is 13.8. The van der Waals surface area contributed by atoms with Crippen LogP contribution in [0.2, 0.25) is 0 Å². The fraction of sp³-hybridized carbons (Fsp3) is 0.250. The highest BCUT2D eigenvalue weighted by molar-refractivity contribution is 5.99. The number of nitrogens with one attached hydrogen (secondary N) is 2. The summed E-state index contributed by atoms with van der Waals surface area (Å²) >= 11 is 0. The molecule has 178 valence electrons. The van der Waals surface area contributed by atoms with E-state index < -0.39 is 24.5 Å². The molecule has 2 aromatic carbocycles. The van der Waals surface area contributed by atoms with Gasteiger partial charge in [0, 0.05) is 18.3 Å². The van der Waals surface area contributed by atoms with E-state index in [4.69, 9.17) is 14.2 Å². The smallest absolute Gasteiger partial charge is 0.360 e. The largest absolute Gasteiger partial charge is 0.493 e. The molecule has 0 aliphatic carbocycles. The lowest BCUT2D eigenvalue weighted by Crippen LogP contribution is -2.41. The Morgan fingerprint density at radius 1 is 1.00 bits per heavy atom. The van der Waals surface area contributed by atoms with Gasteiger partial charge in [-0.1, -0.05) is 31.2 Å². The van der Waals surface area contributed by atoms with Gasteiger partial charge >= 0.3 is 12.0 Å². The average molecular weight is 466 g/mol. The second-order valence-electron chi connectivity index (χ2n) is 7.12. The van der Waals surface area contributed by atoms with Gasteiger partial charge in [-0.25, -0.2) is 14.3 Å². The molecule has 0 aliphatic heterocycles. The van der Waals surface area contributed by atoms with Crippen molar-refractivity contribution in [2.75, 3.05) is 27.4 Å². The number of rotatable bonds is 9. The van der Waals surface area contributed by atoms with Gasteiger partial charge in [0.1, 0.15) is 0 Å². The van der Waals surface area contributed by atoms with Gasteiger partial charge in [-0.05, 0) is 36.2 Å². The minimum Gasteiger partial charge on any atom is -0.493 e. The first-order chi connectivity index (χ1) is 16.5. The fourth-order valence-electron chi connectivity index (χ4n) is 3.10. The number of benzene rings is 2. The second kappa shape index (κ2) is 11.5. The minimum absolute atomic E-state index is 0.000641. The third-order valence-corrected chi connectivity index (χ3v) is 4.75. The lowest BCUT2D eigenvalue weighted by atomic mass is 10.1. The molecule has 0 saturated carbocycles. The first-order valence-corrected chi connectivity index (χ1v) is 10.6. The standard InChI is InChI=1S/C24H26N4O6/c1-4-12-25-24(31)26-21(29)15-34-23(30)22-18(14-28(27-22)17-8-6-5-7-9-17)16-10-11-19(32-2)20(13-16)33-3/h5-11,13-14H,4,12,15H2,1-3H3,(H2,25,26,29,31). The third kappa shape index (κ3) is 5.91. The Labute approximate surface area is 196 Å². The van der Waals surface area contributed by atoms with E-state index in [9.17, 15) is 14.4 Å². The monoisotopic (exact) mass is 466 g/mol. The van der Waals surface area contributed by atoms with Crippen molar-refractivity contribution in [3.05, 3.63) is 60.4 Å². The lowest BCUT2D eigenvalue weighted by Gasteiger charge is -2.10. The van der Waals surface area contributed by atoms with Gasteiger partial charge in [0.15, 0.2) is 23.8 Å². The molecule has 0 atom stereocenters. The molecule has 3 rings (SSSR count). The zero-order valence-corrected chi connectivity index (χ0v) is 19.2. The minimum atomic E-state index is -0.816. The molecule has 1 aromatic heterocycles. The fourth-order valence-corrected chi connectivity index (χ4v) is 3.10. The Balaban J connectivity index is 1.87. The summed E-state index contributed by atoms with van der Waals surface area (Å²) in [5.74, 6) is -0.561. The maximum Gasteiger partial charge on any atom is 0.360 e. The number of carbonyl (C=O) groups is 3. The van der Waals surface area contributed by atoms with Gasteiger partial charge in [-0.15, -0.1) is 0 Å². The van der Waals surface area contributed by atoms with Gasteiger partial charge in [0.2, 0.25) is 0 Å². The molecule has 0 spiro atoms. The first-order valence-electron chi connectivity index (χ1n) is 10.6. The topological polar surface area (TPSA) is 121 Å². The summed E-state index contributed by atoms with van der Waals surface area (Å²) in [6.45, 7) is 1.67. The maximum atomic E-state index is 12.9. The average Bonchev–Trinajstić information content (AvgIpc) is 3.31. The van der Waals surface area contributed by atoms with Crippen LogP contribution in [0, 0.1) is 0 Å². The quantitative estimate of drug-likeness (QED) is 0.465. The van der Waals surface area contributed by atoms with Crippen LogP contribution in [0.5, 0.6) is 11.5 Å². The second-order valence-corrected chi connectivity index (χ2v) is 7.12. The molecule has 10 heteroatoms. The molecular weight excluding hydrogens is 440 g/mol. The number of methoxy groups -OCH3 is 2. The van der Waals surface area contributed by atoms with Crippen molar-refractivity contribution in [3.63, 3.8) is 0 Å². The zero-order valence-electron chi connectivity index (χ0n) is 19.2. The number of imide groups is 1. The van der Waals surface area contributed by atoms with Crippen LogP contribution in [0.4, 0.5) is 4.79 Å². The Hall–Kier alpha value is -4.34. The van der Waals surface area contributed by atoms with E-state index in [-0.39, 0.29) is 5.69 Å². The highest BCUT2D eigenvalue weighted by atomic mass is 16.5. The van der Waals surface area contributed by atoms with Crippen LogP contribution in [0.15, 0.2) is 54.7 Å². The number of esters is 1. The van der Waals surface area contributed by atoms with Gasteiger partial charge in [-0.3, -0.25) is 10.1 Å². The predicted molar refractivity (Wildman–Crippen MR) is 124 cm³/mol. The van der Waals surface area contributed by atoms with E-state index in [0.717, 1.165) is 12.1 Å². The van der Waals surface area contributed by atoms with Crippen molar-refractivity contribution >= 4 is 17.9 Å². The van der Waals surface area contributed by atoms with Crippen molar-refractivity contribution in [3.8, 4) is 28.3 Å². The van der Waals surface area contributed by atoms with Crippen LogP contribution < -0.4 is 20.1 Å². The highest BCUT2D eigenvalue weighted by Crippen LogP contribution is 2.34. The molecule has 2 N–H and O–H groups in total. The molecule has 0 saturated heterocycles. The molecule has 1 heterocycles. The van der Waals surface area contributed by atoms with Crippen LogP contribution in [0.3, 0.4) is 0 Å². The SMILES string of the molecule is CCCNC(=O)NC(=O)COC(=O)c1nn(-c2ccccc2)cc1-c1ccc(OC)c(OC)c1. The van der Waals surface area contributed by atoms with E-state index in [2.05, 4.69) is 15.7 Å². The molecule has 0 radical (unpaired) electrons. The molecule has 0 unspecified atom stereocenters. The molecule has 3 amide bonds. The molecule has 0 aliphatic rings. The van der Waals surface area contributed by atoms with E-state index in [1.807, 2.05) is 37.3 Å². The van der Waals surface area contributed by atoms with Gasteiger partial charge < -0.3 is 19.5 Å². The number of urea groups is 1. The number of para-hydroxylation sites is 1. The van der Waals surface area contributed by atoms with Crippen molar-refractivity contribution in [2.24, 2.45) is 0 Å². The van der Waals surface area contributed by atoms with Crippen molar-refractivity contribution in [1.29, 1.82) is 0 Å². The Morgan fingerprint density at radius 2 is 1.74 bits per heavy atom. The summed E-state index contributed by atoms with van der Waals surface area (Å²) in [6.07, 6.45) is 2.41. The van der Waals surface area contributed by atoms with Crippen molar-refractivity contribution in [2.45, 2.75) is 13.3 Å². The third-order valence-electron chi connectivity index (χ3n) is 4.75. The number of amides is 3. The van der Waals surface area contributed by atoms with Crippen LogP contribution in [-0.4, -0.2) is 55.1 Å². The number of hydrogen-bond acceptors (Lipinski definition) is 7. The Kier molecular flexibility index (Phi) is 8.22. The number of hydrogen-bond donors (Lipinski definition) is 2. The molecule has 3 aromatic rings. The molecular formula is C24H26N4O6. The van der Waals surface area contributed by atoms with E-state index >= 15 is 0 Å². The van der Waals surface area contributed by atoms with E-state index in [1.165, 1.54) is 14.2 Å². The number of nitrogens with zero attached hydrogens (tertiary/aromatic N) is 2. The summed E-state index contributed by atoms with van der Waals surface area (Å²) in [5.41, 5.74) is 1.83. The first kappa shape index (κ1) is 24.3. The maximum absolute atomic E-state index is 12.9. The van der Waals surface area contributed by atoms with Crippen LogP contribution >= 0.6 is 0 Å². The lowest BCUT2D eigenvalue weighted by molar-refractivity contribution is -0.123. The van der Waals surface area contributed by atoms with Gasteiger partial charge in [0.05, 0.1) is 19.9 Å². The predicted octanol–water partition coefficient (Wildman–Crippen LogP) is 2.95. The Bertz CT molecular complexity index is 1160. The number of aromatic nitrogens is 2.